The molecule has 1 aromatic carbocycles. The van der Waals surface area contributed by atoms with Crippen LogP contribution in [0.5, 0.6) is 5.75 Å². The number of ether oxygens (including phenoxy) is 2. The average Bonchev–Trinajstić information content (AvgIpc) is 3.10. The van der Waals surface area contributed by atoms with Gasteiger partial charge in [-0.1, -0.05) is 18.2 Å². The SMILES string of the molecule is C=CCOC[C@@H](O)CN(CC)C[C@H]1CC(c2ccc(OC)cc2)=NO1. The Hall–Kier alpha value is -1.89. The summed E-state index contributed by atoms with van der Waals surface area (Å²) in [5, 5.41) is 14.3. The maximum absolute atomic E-state index is 10.0. The van der Waals surface area contributed by atoms with Gasteiger partial charge in [0.05, 0.1) is 32.1 Å². The highest BCUT2D eigenvalue weighted by molar-refractivity contribution is 6.01. The van der Waals surface area contributed by atoms with E-state index in [1.807, 2.05) is 24.3 Å². The van der Waals surface area contributed by atoms with Crippen molar-refractivity contribution in [1.82, 2.24) is 4.90 Å². The van der Waals surface area contributed by atoms with Crippen LogP contribution < -0.4 is 4.74 Å². The first kappa shape index (κ1) is 19.4. The van der Waals surface area contributed by atoms with Gasteiger partial charge >= 0.3 is 0 Å². The summed E-state index contributed by atoms with van der Waals surface area (Å²) in [6, 6.07) is 7.82. The summed E-state index contributed by atoms with van der Waals surface area (Å²) >= 11 is 0. The minimum Gasteiger partial charge on any atom is -0.497 e. The minimum absolute atomic E-state index is 0.00153. The van der Waals surface area contributed by atoms with E-state index in [2.05, 4.69) is 23.6 Å². The predicted molar refractivity (Wildman–Crippen MR) is 98.2 cm³/mol. The van der Waals surface area contributed by atoms with Crippen LogP contribution >= 0.6 is 0 Å². The number of hydrogen-bond acceptors (Lipinski definition) is 6. The van der Waals surface area contributed by atoms with Crippen molar-refractivity contribution in [2.24, 2.45) is 5.16 Å². The largest absolute Gasteiger partial charge is 0.497 e. The van der Waals surface area contributed by atoms with Crippen LogP contribution in [0.1, 0.15) is 18.9 Å². The topological polar surface area (TPSA) is 63.5 Å². The molecule has 1 N–H and O–H groups in total. The summed E-state index contributed by atoms with van der Waals surface area (Å²) in [5.41, 5.74) is 1.99. The molecule has 1 aliphatic heterocycles. The standard InChI is InChI=1S/C19H28N2O4/c1-4-10-24-14-16(22)12-21(5-2)13-18-11-19(20-25-18)15-6-8-17(23-3)9-7-15/h4,6-9,16,18,22H,1,5,10-14H2,2-3H3/t16-,18+/m0/s1. The van der Waals surface area contributed by atoms with E-state index in [-0.39, 0.29) is 6.10 Å². The fraction of sp³-hybridized carbons (Fsp3) is 0.526. The monoisotopic (exact) mass is 348 g/mol. The van der Waals surface area contributed by atoms with Gasteiger partial charge in [-0.25, -0.2) is 0 Å². The fourth-order valence-electron chi connectivity index (χ4n) is 2.74. The highest BCUT2D eigenvalue weighted by Crippen LogP contribution is 2.20. The van der Waals surface area contributed by atoms with E-state index in [0.717, 1.165) is 36.5 Å². The Morgan fingerprint density at radius 3 is 2.84 bits per heavy atom. The molecule has 0 saturated carbocycles. The Morgan fingerprint density at radius 2 is 2.20 bits per heavy atom. The molecule has 2 rings (SSSR count). The zero-order chi connectivity index (χ0) is 18.1. The molecule has 0 fully saturated rings. The second-order valence-electron chi connectivity index (χ2n) is 6.03. The zero-order valence-corrected chi connectivity index (χ0v) is 15.1. The van der Waals surface area contributed by atoms with E-state index >= 15 is 0 Å². The molecule has 1 aromatic rings. The van der Waals surface area contributed by atoms with Gasteiger partial charge in [0.2, 0.25) is 0 Å². The van der Waals surface area contributed by atoms with Crippen molar-refractivity contribution in [3.8, 4) is 5.75 Å². The third-order valence-corrected chi connectivity index (χ3v) is 4.08. The van der Waals surface area contributed by atoms with Gasteiger partial charge in [-0.15, -0.1) is 6.58 Å². The van der Waals surface area contributed by atoms with Crippen molar-refractivity contribution in [2.45, 2.75) is 25.6 Å². The van der Waals surface area contributed by atoms with Gasteiger partial charge in [0.1, 0.15) is 11.9 Å². The van der Waals surface area contributed by atoms with Crippen molar-refractivity contribution in [3.63, 3.8) is 0 Å². The number of hydrogen-bond donors (Lipinski definition) is 1. The van der Waals surface area contributed by atoms with Crippen LogP contribution in [0.15, 0.2) is 42.1 Å². The molecule has 2 atom stereocenters. The van der Waals surface area contributed by atoms with Gasteiger partial charge in [0.25, 0.3) is 0 Å². The lowest BCUT2D eigenvalue weighted by atomic mass is 10.0. The lowest BCUT2D eigenvalue weighted by Gasteiger charge is -2.25. The number of aliphatic hydroxyl groups is 1. The molecule has 0 aliphatic carbocycles. The lowest BCUT2D eigenvalue weighted by Crippen LogP contribution is -2.39. The summed E-state index contributed by atoms with van der Waals surface area (Å²) in [6.07, 6.45) is 1.90. The Labute approximate surface area is 149 Å². The second kappa shape index (κ2) is 10.2. The van der Waals surface area contributed by atoms with Crippen LogP contribution in [-0.2, 0) is 9.57 Å². The molecule has 0 aromatic heterocycles. The maximum atomic E-state index is 10.0. The molecule has 0 unspecified atom stereocenters. The normalized spacial score (nSPS) is 17.9. The van der Waals surface area contributed by atoms with Gasteiger partial charge in [0.15, 0.2) is 0 Å². The Kier molecular flexibility index (Phi) is 7.91. The molecule has 1 aliphatic rings. The van der Waals surface area contributed by atoms with Crippen LogP contribution in [-0.4, -0.2) is 67.9 Å². The molecular formula is C19H28N2O4. The third-order valence-electron chi connectivity index (χ3n) is 4.08. The molecule has 6 nitrogen and oxygen atoms in total. The quantitative estimate of drug-likeness (QED) is 0.490. The van der Waals surface area contributed by atoms with Gasteiger partial charge in [-0.3, -0.25) is 4.90 Å². The van der Waals surface area contributed by atoms with Crippen LogP contribution in [0.3, 0.4) is 0 Å². The summed E-state index contributed by atoms with van der Waals surface area (Å²) in [4.78, 5) is 7.73. The first-order chi connectivity index (χ1) is 12.2. The first-order valence-electron chi connectivity index (χ1n) is 8.62. The number of likely N-dealkylation sites (N-methyl/N-ethyl adjacent to an activating group) is 1. The molecule has 1 heterocycles. The first-order valence-corrected chi connectivity index (χ1v) is 8.62. The molecule has 0 saturated heterocycles. The predicted octanol–water partition coefficient (Wildman–Crippen LogP) is 2.07. The average molecular weight is 348 g/mol. The maximum Gasteiger partial charge on any atom is 0.145 e. The summed E-state index contributed by atoms with van der Waals surface area (Å²) in [6.45, 7) is 8.52. The molecular weight excluding hydrogens is 320 g/mol. The van der Waals surface area contributed by atoms with Crippen LogP contribution in [0.2, 0.25) is 0 Å². The Morgan fingerprint density at radius 1 is 1.44 bits per heavy atom. The molecule has 0 bridgehead atoms. The van der Waals surface area contributed by atoms with Crippen molar-refractivity contribution >= 4 is 5.71 Å². The van der Waals surface area contributed by atoms with Gasteiger partial charge in [0, 0.05) is 19.5 Å². The smallest absolute Gasteiger partial charge is 0.145 e. The second-order valence-corrected chi connectivity index (χ2v) is 6.03. The van der Waals surface area contributed by atoms with Gasteiger partial charge in [-0.05, 0) is 36.4 Å². The van der Waals surface area contributed by atoms with Gasteiger partial charge < -0.3 is 19.4 Å². The number of nitrogens with zero attached hydrogens (tertiary/aromatic N) is 2. The van der Waals surface area contributed by atoms with Crippen LogP contribution in [0.25, 0.3) is 0 Å². The van der Waals surface area contributed by atoms with Crippen molar-refractivity contribution in [3.05, 3.63) is 42.5 Å². The Balaban J connectivity index is 1.79. The number of methoxy groups -OCH3 is 1. The fourth-order valence-corrected chi connectivity index (χ4v) is 2.74. The Bertz CT molecular complexity index is 559. The molecule has 25 heavy (non-hydrogen) atoms. The van der Waals surface area contributed by atoms with E-state index in [9.17, 15) is 5.11 Å². The van der Waals surface area contributed by atoms with Crippen molar-refractivity contribution in [2.75, 3.05) is 40.0 Å². The molecule has 0 amide bonds. The van der Waals surface area contributed by atoms with E-state index in [4.69, 9.17) is 14.3 Å². The molecule has 138 valence electrons. The van der Waals surface area contributed by atoms with Crippen LogP contribution in [0, 0.1) is 0 Å². The van der Waals surface area contributed by atoms with Gasteiger partial charge in [-0.2, -0.15) is 0 Å². The molecule has 6 heteroatoms. The highest BCUT2D eigenvalue weighted by atomic mass is 16.6. The summed E-state index contributed by atoms with van der Waals surface area (Å²) in [7, 11) is 1.65. The minimum atomic E-state index is -0.525. The van der Waals surface area contributed by atoms with E-state index in [1.165, 1.54) is 0 Å². The van der Waals surface area contributed by atoms with E-state index < -0.39 is 6.10 Å². The molecule has 0 radical (unpaired) electrons. The van der Waals surface area contributed by atoms with E-state index in [0.29, 0.717) is 19.8 Å². The molecule has 0 spiro atoms. The number of rotatable bonds is 11. The zero-order valence-electron chi connectivity index (χ0n) is 15.1. The van der Waals surface area contributed by atoms with Crippen molar-refractivity contribution in [1.29, 1.82) is 0 Å². The number of benzene rings is 1. The summed E-state index contributed by atoms with van der Waals surface area (Å²) < 4.78 is 10.5. The van der Waals surface area contributed by atoms with Crippen molar-refractivity contribution < 1.29 is 19.4 Å². The number of aliphatic hydroxyl groups excluding tert-OH is 1. The van der Waals surface area contributed by atoms with E-state index in [1.54, 1.807) is 13.2 Å². The summed E-state index contributed by atoms with van der Waals surface area (Å²) in [5.74, 6) is 0.824. The number of oxime groups is 1. The third kappa shape index (κ3) is 6.16. The van der Waals surface area contributed by atoms with Crippen LogP contribution in [0.4, 0.5) is 0 Å². The highest BCUT2D eigenvalue weighted by Gasteiger charge is 2.25. The lowest BCUT2D eigenvalue weighted by molar-refractivity contribution is 0.00720.